The number of piperazine rings is 1. The highest BCUT2D eigenvalue weighted by atomic mass is 16.5. The molecule has 1 aromatic carbocycles. The Balaban J connectivity index is 1.25. The summed E-state index contributed by atoms with van der Waals surface area (Å²) in [5.41, 5.74) is 3.56. The first-order chi connectivity index (χ1) is 18.0. The summed E-state index contributed by atoms with van der Waals surface area (Å²) >= 11 is 0. The predicted molar refractivity (Wildman–Crippen MR) is 147 cm³/mol. The van der Waals surface area contributed by atoms with Crippen LogP contribution in [0.5, 0.6) is 5.75 Å². The minimum atomic E-state index is 0.0102. The van der Waals surface area contributed by atoms with Gasteiger partial charge in [-0.2, -0.15) is 5.10 Å². The van der Waals surface area contributed by atoms with Gasteiger partial charge in [-0.25, -0.2) is 0 Å². The highest BCUT2D eigenvalue weighted by Crippen LogP contribution is 2.33. The molecule has 0 amide bonds. The Morgan fingerprint density at radius 1 is 1.16 bits per heavy atom. The van der Waals surface area contributed by atoms with Gasteiger partial charge in [-0.3, -0.25) is 14.8 Å². The molecule has 7 heteroatoms. The molecule has 0 radical (unpaired) electrons. The number of aromatic amines is 1. The lowest BCUT2D eigenvalue weighted by atomic mass is 9.80. The first kappa shape index (κ1) is 26.1. The van der Waals surface area contributed by atoms with Crippen LogP contribution in [0.15, 0.2) is 35.9 Å². The molecule has 3 aliphatic rings. The van der Waals surface area contributed by atoms with Gasteiger partial charge in [-0.15, -0.1) is 0 Å². The van der Waals surface area contributed by atoms with Gasteiger partial charge >= 0.3 is 0 Å². The Kier molecular flexibility index (Phi) is 8.43. The van der Waals surface area contributed by atoms with E-state index in [9.17, 15) is 9.90 Å². The number of benzene rings is 1. The zero-order valence-electron chi connectivity index (χ0n) is 22.4. The van der Waals surface area contributed by atoms with Crippen molar-refractivity contribution in [2.75, 3.05) is 53.0 Å². The molecule has 2 aromatic rings. The zero-order valence-corrected chi connectivity index (χ0v) is 22.4. The van der Waals surface area contributed by atoms with E-state index in [-0.39, 0.29) is 11.5 Å². The Morgan fingerprint density at radius 2 is 1.95 bits per heavy atom. The number of phenols is 1. The molecule has 200 valence electrons. The van der Waals surface area contributed by atoms with E-state index in [1.54, 1.807) is 6.07 Å². The summed E-state index contributed by atoms with van der Waals surface area (Å²) in [5.74, 6) is 1.41. The Morgan fingerprint density at radius 3 is 2.70 bits per heavy atom. The first-order valence-corrected chi connectivity index (χ1v) is 14.1. The van der Waals surface area contributed by atoms with Crippen molar-refractivity contribution in [2.24, 2.45) is 17.8 Å². The maximum Gasteiger partial charge on any atom is 0.166 e. The summed E-state index contributed by atoms with van der Waals surface area (Å²) in [7, 11) is 2.19. The molecule has 7 nitrogen and oxygen atoms in total. The van der Waals surface area contributed by atoms with Crippen LogP contribution in [0.4, 0.5) is 0 Å². The number of hydrogen-bond acceptors (Lipinski definition) is 6. The smallest absolute Gasteiger partial charge is 0.166 e. The summed E-state index contributed by atoms with van der Waals surface area (Å²) in [6, 6.07) is 3.52. The Hall–Kier alpha value is -2.48. The van der Waals surface area contributed by atoms with Crippen LogP contribution in [-0.4, -0.2) is 83.9 Å². The van der Waals surface area contributed by atoms with E-state index in [4.69, 9.17) is 4.74 Å². The van der Waals surface area contributed by atoms with E-state index in [1.807, 2.05) is 6.07 Å². The fraction of sp³-hybridized carbons (Fsp3) is 0.600. The number of likely N-dealkylation sites (N-methyl/N-ethyl adjacent to an activating group) is 1. The van der Waals surface area contributed by atoms with Crippen LogP contribution in [0.25, 0.3) is 10.9 Å². The summed E-state index contributed by atoms with van der Waals surface area (Å²) in [6.45, 7) is 9.27. The molecule has 0 spiro atoms. The molecule has 2 N–H and O–H groups in total. The van der Waals surface area contributed by atoms with Crippen LogP contribution >= 0.6 is 0 Å². The number of fused-ring (bicyclic) bond motifs is 1. The normalized spacial score (nSPS) is 24.0. The molecule has 37 heavy (non-hydrogen) atoms. The molecule has 2 atom stereocenters. The molecular formula is C30H42N4O3. The van der Waals surface area contributed by atoms with E-state index < -0.39 is 0 Å². The van der Waals surface area contributed by atoms with E-state index in [0.717, 1.165) is 94.6 Å². The molecule has 2 saturated heterocycles. The van der Waals surface area contributed by atoms with E-state index in [2.05, 4.69) is 52.2 Å². The fourth-order valence-electron chi connectivity index (χ4n) is 6.09. The maximum absolute atomic E-state index is 13.3. The second-order valence-electron chi connectivity index (χ2n) is 11.2. The quantitative estimate of drug-likeness (QED) is 0.485. The number of nitrogens with zero attached hydrogens (tertiary/aromatic N) is 3. The highest BCUT2D eigenvalue weighted by Gasteiger charge is 2.24. The SMILES string of the molecule is CCC1C=CC(CN2CCN(C)CC2)=CC1CCC(=O)c1cc2c(CC3CCOCC3)n[nH]c2cc1O. The van der Waals surface area contributed by atoms with Crippen molar-refractivity contribution in [1.82, 2.24) is 20.0 Å². The van der Waals surface area contributed by atoms with Crippen molar-refractivity contribution < 1.29 is 14.6 Å². The van der Waals surface area contributed by atoms with Gasteiger partial charge in [-0.1, -0.05) is 25.2 Å². The van der Waals surface area contributed by atoms with Crippen molar-refractivity contribution in [3.63, 3.8) is 0 Å². The van der Waals surface area contributed by atoms with E-state index >= 15 is 0 Å². The van der Waals surface area contributed by atoms with E-state index in [0.29, 0.717) is 29.7 Å². The van der Waals surface area contributed by atoms with Crippen molar-refractivity contribution in [3.8, 4) is 5.75 Å². The number of H-pyrrole nitrogens is 1. The second kappa shape index (κ2) is 11.9. The number of nitrogens with one attached hydrogen (secondary N) is 1. The van der Waals surface area contributed by atoms with Crippen LogP contribution in [0, 0.1) is 17.8 Å². The number of ether oxygens (including phenoxy) is 1. The zero-order chi connectivity index (χ0) is 25.8. The van der Waals surface area contributed by atoms with Gasteiger partial charge in [0.1, 0.15) is 5.75 Å². The summed E-state index contributed by atoms with van der Waals surface area (Å²) in [5, 5.41) is 19.2. The fourth-order valence-corrected chi connectivity index (χ4v) is 6.09. The standard InChI is InChI=1S/C30H42N4O3/c1-3-23-5-4-22(20-34-12-10-33(2)11-13-34)16-24(23)6-7-29(35)26-18-25-27(17-21-8-14-37-15-9-21)31-32-28(25)19-30(26)36/h4-5,16,18-19,21,23-24,36H,3,6-15,17,20H2,1-2H3,(H,31,32). The molecule has 1 aliphatic carbocycles. The lowest BCUT2D eigenvalue weighted by Crippen LogP contribution is -2.45. The lowest BCUT2D eigenvalue weighted by molar-refractivity contribution is 0.0663. The third kappa shape index (κ3) is 6.33. The van der Waals surface area contributed by atoms with Crippen LogP contribution in [0.2, 0.25) is 0 Å². The number of carbonyl (C=O) groups excluding carboxylic acids is 1. The third-order valence-electron chi connectivity index (χ3n) is 8.60. The van der Waals surface area contributed by atoms with Gasteiger partial charge in [0.15, 0.2) is 5.78 Å². The minimum absolute atomic E-state index is 0.0102. The average Bonchev–Trinajstić information content (AvgIpc) is 3.29. The first-order valence-electron chi connectivity index (χ1n) is 14.1. The Labute approximate surface area is 220 Å². The second-order valence-corrected chi connectivity index (χ2v) is 11.2. The van der Waals surface area contributed by atoms with E-state index in [1.165, 1.54) is 5.57 Å². The topological polar surface area (TPSA) is 81.7 Å². The molecule has 5 rings (SSSR count). The van der Waals surface area contributed by atoms with Crippen LogP contribution in [-0.2, 0) is 11.2 Å². The van der Waals surface area contributed by atoms with Crippen molar-refractivity contribution in [3.05, 3.63) is 47.2 Å². The van der Waals surface area contributed by atoms with Crippen molar-refractivity contribution in [2.45, 2.75) is 45.4 Å². The van der Waals surface area contributed by atoms with Gasteiger partial charge in [0.05, 0.1) is 16.8 Å². The van der Waals surface area contributed by atoms with Gasteiger partial charge < -0.3 is 14.7 Å². The maximum atomic E-state index is 13.3. The monoisotopic (exact) mass is 506 g/mol. The molecule has 2 unspecified atom stereocenters. The number of phenolic OH excluding ortho intramolecular Hbond substituents is 1. The van der Waals surface area contributed by atoms with Crippen molar-refractivity contribution in [1.29, 1.82) is 0 Å². The van der Waals surface area contributed by atoms with Crippen molar-refractivity contribution >= 4 is 16.7 Å². The molecular weight excluding hydrogens is 464 g/mol. The molecule has 0 saturated carbocycles. The van der Waals surface area contributed by atoms with Gasteiger partial charge in [-0.05, 0) is 68.5 Å². The lowest BCUT2D eigenvalue weighted by Gasteiger charge is -2.34. The number of rotatable bonds is 9. The van der Waals surface area contributed by atoms with Crippen LogP contribution in [0.1, 0.15) is 55.1 Å². The number of hydrogen-bond donors (Lipinski definition) is 2. The summed E-state index contributed by atoms with van der Waals surface area (Å²) in [4.78, 5) is 18.3. The molecule has 3 heterocycles. The van der Waals surface area contributed by atoms with Crippen LogP contribution < -0.4 is 0 Å². The number of aromatic hydroxyl groups is 1. The van der Waals surface area contributed by atoms with Gasteiger partial charge in [0.2, 0.25) is 0 Å². The summed E-state index contributed by atoms with van der Waals surface area (Å²) < 4.78 is 5.50. The minimum Gasteiger partial charge on any atom is -0.507 e. The predicted octanol–water partition coefficient (Wildman–Crippen LogP) is 4.59. The largest absolute Gasteiger partial charge is 0.507 e. The van der Waals surface area contributed by atoms with Crippen LogP contribution in [0.3, 0.4) is 0 Å². The molecule has 2 fully saturated rings. The number of aromatic nitrogens is 2. The Bertz CT molecular complexity index is 1140. The highest BCUT2D eigenvalue weighted by molar-refractivity contribution is 6.02. The third-order valence-corrected chi connectivity index (χ3v) is 8.60. The molecule has 1 aromatic heterocycles. The number of Topliss-reactive ketones (excluding diaryl/α,β-unsaturated/α-hetero) is 1. The molecule has 2 aliphatic heterocycles. The number of allylic oxidation sites excluding steroid dienone is 2. The average molecular weight is 507 g/mol. The summed E-state index contributed by atoms with van der Waals surface area (Å²) in [6.07, 6.45) is 12.3. The number of carbonyl (C=O) groups is 1. The number of ketones is 1. The van der Waals surface area contributed by atoms with Gasteiger partial charge in [0.25, 0.3) is 0 Å². The molecule has 0 bridgehead atoms. The van der Waals surface area contributed by atoms with Gasteiger partial charge in [0, 0.05) is 63.8 Å².